The summed E-state index contributed by atoms with van der Waals surface area (Å²) in [5, 5.41) is 10.9. The predicted molar refractivity (Wildman–Crippen MR) is 81.4 cm³/mol. The molecule has 1 atom stereocenters. The van der Waals surface area contributed by atoms with E-state index in [2.05, 4.69) is 20.7 Å². The van der Waals surface area contributed by atoms with Crippen LogP contribution in [-0.2, 0) is 16.1 Å². The number of ether oxygens (including phenoxy) is 1. The minimum absolute atomic E-state index is 0.0631. The van der Waals surface area contributed by atoms with Gasteiger partial charge in [0.05, 0.1) is 17.4 Å². The molecule has 7 nitrogen and oxygen atoms in total. The summed E-state index contributed by atoms with van der Waals surface area (Å²) < 4.78 is 6.74. The average molecular weight is 303 g/mol. The standard InChI is InChI=1S/C15H21N5O2/c1-10-6-13-17-7-11(8-18-14(21)9-22-2)15(20(13)19-10)12-4-3-5-16-12/h6-7,12,16H,3-5,8-9H2,1-2H3,(H,18,21)/t12-/m1/s1. The Balaban J connectivity index is 1.93. The highest BCUT2D eigenvalue weighted by molar-refractivity contribution is 5.77. The zero-order valence-corrected chi connectivity index (χ0v) is 12.9. The minimum Gasteiger partial charge on any atom is -0.375 e. The lowest BCUT2D eigenvalue weighted by Gasteiger charge is -2.17. The van der Waals surface area contributed by atoms with Gasteiger partial charge in [0.2, 0.25) is 5.91 Å². The molecule has 0 aliphatic carbocycles. The van der Waals surface area contributed by atoms with E-state index in [0.717, 1.165) is 42.0 Å². The van der Waals surface area contributed by atoms with Gasteiger partial charge in [0.1, 0.15) is 6.61 Å². The molecule has 2 aromatic heterocycles. The lowest BCUT2D eigenvalue weighted by molar-refractivity contribution is -0.124. The lowest BCUT2D eigenvalue weighted by atomic mass is 10.1. The molecule has 7 heteroatoms. The van der Waals surface area contributed by atoms with Crippen LogP contribution >= 0.6 is 0 Å². The number of aryl methyl sites for hydroxylation is 1. The number of amides is 1. The molecule has 0 saturated carbocycles. The molecule has 1 fully saturated rings. The fourth-order valence-corrected chi connectivity index (χ4v) is 2.90. The van der Waals surface area contributed by atoms with Crippen LogP contribution in [0.3, 0.4) is 0 Å². The molecule has 118 valence electrons. The summed E-state index contributed by atoms with van der Waals surface area (Å²) in [7, 11) is 1.51. The Morgan fingerprint density at radius 1 is 1.59 bits per heavy atom. The van der Waals surface area contributed by atoms with Gasteiger partial charge >= 0.3 is 0 Å². The molecule has 1 saturated heterocycles. The third-order valence-electron chi connectivity index (χ3n) is 3.86. The molecule has 0 aromatic carbocycles. The summed E-state index contributed by atoms with van der Waals surface area (Å²) in [6, 6.07) is 2.21. The summed E-state index contributed by atoms with van der Waals surface area (Å²) in [6.07, 6.45) is 4.04. The first kappa shape index (κ1) is 14.9. The van der Waals surface area contributed by atoms with Gasteiger partial charge in [-0.1, -0.05) is 0 Å². The van der Waals surface area contributed by atoms with E-state index in [1.807, 2.05) is 23.7 Å². The number of fused-ring (bicyclic) bond motifs is 1. The fraction of sp³-hybridized carbons (Fsp3) is 0.533. The van der Waals surface area contributed by atoms with Gasteiger partial charge in [0, 0.05) is 31.5 Å². The highest BCUT2D eigenvalue weighted by atomic mass is 16.5. The number of nitrogens with one attached hydrogen (secondary N) is 2. The molecule has 0 spiro atoms. The SMILES string of the molecule is COCC(=O)NCc1cnc2cc(C)nn2c1[C@H]1CCCN1. The number of carbonyl (C=O) groups excluding carboxylic acids is 1. The third-order valence-corrected chi connectivity index (χ3v) is 3.86. The van der Waals surface area contributed by atoms with Crippen molar-refractivity contribution in [1.29, 1.82) is 0 Å². The second-order valence-electron chi connectivity index (χ2n) is 5.58. The monoisotopic (exact) mass is 303 g/mol. The van der Waals surface area contributed by atoms with Crippen molar-refractivity contribution in [2.24, 2.45) is 0 Å². The first-order valence-electron chi connectivity index (χ1n) is 7.52. The summed E-state index contributed by atoms with van der Waals surface area (Å²) >= 11 is 0. The van der Waals surface area contributed by atoms with Crippen LogP contribution in [0.4, 0.5) is 0 Å². The Kier molecular flexibility index (Phi) is 4.35. The number of hydrogen-bond acceptors (Lipinski definition) is 5. The van der Waals surface area contributed by atoms with Crippen LogP contribution in [0.1, 0.15) is 35.8 Å². The van der Waals surface area contributed by atoms with Crippen LogP contribution in [0.2, 0.25) is 0 Å². The number of rotatable bonds is 5. The highest BCUT2D eigenvalue weighted by Crippen LogP contribution is 2.26. The van der Waals surface area contributed by atoms with Gasteiger partial charge in [-0.15, -0.1) is 0 Å². The Hall–Kier alpha value is -1.99. The molecule has 0 radical (unpaired) electrons. The first-order chi connectivity index (χ1) is 10.7. The maximum Gasteiger partial charge on any atom is 0.246 e. The number of nitrogens with zero attached hydrogens (tertiary/aromatic N) is 3. The Labute approximate surface area is 129 Å². The van der Waals surface area contributed by atoms with E-state index in [-0.39, 0.29) is 18.6 Å². The number of carbonyl (C=O) groups is 1. The number of methoxy groups -OCH3 is 1. The molecular weight excluding hydrogens is 282 g/mol. The van der Waals surface area contributed by atoms with Gasteiger partial charge in [-0.2, -0.15) is 5.10 Å². The quantitative estimate of drug-likeness (QED) is 0.851. The lowest BCUT2D eigenvalue weighted by Crippen LogP contribution is -2.28. The normalized spacial score (nSPS) is 18.0. The van der Waals surface area contributed by atoms with E-state index in [4.69, 9.17) is 4.74 Å². The molecule has 1 aliphatic rings. The zero-order chi connectivity index (χ0) is 15.5. The molecule has 2 aromatic rings. The minimum atomic E-state index is -0.135. The van der Waals surface area contributed by atoms with E-state index < -0.39 is 0 Å². The molecule has 1 aliphatic heterocycles. The average Bonchev–Trinajstić information content (AvgIpc) is 3.13. The van der Waals surface area contributed by atoms with Crippen molar-refractivity contribution >= 4 is 11.6 Å². The van der Waals surface area contributed by atoms with Crippen LogP contribution < -0.4 is 10.6 Å². The maximum absolute atomic E-state index is 11.6. The zero-order valence-electron chi connectivity index (χ0n) is 12.9. The smallest absolute Gasteiger partial charge is 0.246 e. The van der Waals surface area contributed by atoms with Crippen LogP contribution in [0.15, 0.2) is 12.3 Å². The van der Waals surface area contributed by atoms with Gasteiger partial charge in [0.15, 0.2) is 5.65 Å². The summed E-state index contributed by atoms with van der Waals surface area (Å²) in [5.74, 6) is -0.135. The van der Waals surface area contributed by atoms with Crippen LogP contribution in [0, 0.1) is 6.92 Å². The van der Waals surface area contributed by atoms with Crippen molar-refractivity contribution in [2.45, 2.75) is 32.4 Å². The van der Waals surface area contributed by atoms with E-state index in [1.54, 1.807) is 0 Å². The van der Waals surface area contributed by atoms with Crippen LogP contribution in [-0.4, -0.2) is 40.8 Å². The van der Waals surface area contributed by atoms with Gasteiger partial charge in [-0.25, -0.2) is 9.50 Å². The van der Waals surface area contributed by atoms with Crippen LogP contribution in [0.25, 0.3) is 5.65 Å². The summed E-state index contributed by atoms with van der Waals surface area (Å²) in [5.41, 5.74) is 3.85. The van der Waals surface area contributed by atoms with Crippen molar-refractivity contribution in [3.05, 3.63) is 29.2 Å². The molecule has 3 heterocycles. The topological polar surface area (TPSA) is 80.5 Å². The van der Waals surface area contributed by atoms with Crippen molar-refractivity contribution in [3.8, 4) is 0 Å². The second kappa shape index (κ2) is 6.41. The second-order valence-corrected chi connectivity index (χ2v) is 5.58. The number of aromatic nitrogens is 3. The summed E-state index contributed by atoms with van der Waals surface area (Å²) in [6.45, 7) is 3.45. The van der Waals surface area contributed by atoms with E-state index in [1.165, 1.54) is 7.11 Å². The van der Waals surface area contributed by atoms with E-state index in [9.17, 15) is 4.79 Å². The molecule has 22 heavy (non-hydrogen) atoms. The molecular formula is C15H21N5O2. The summed E-state index contributed by atoms with van der Waals surface area (Å²) in [4.78, 5) is 16.1. The van der Waals surface area contributed by atoms with Crippen molar-refractivity contribution in [1.82, 2.24) is 25.2 Å². The molecule has 2 N–H and O–H groups in total. The van der Waals surface area contributed by atoms with Crippen molar-refractivity contribution in [2.75, 3.05) is 20.3 Å². The first-order valence-corrected chi connectivity index (χ1v) is 7.52. The molecule has 3 rings (SSSR count). The molecule has 0 unspecified atom stereocenters. The van der Waals surface area contributed by atoms with Crippen molar-refractivity contribution in [3.63, 3.8) is 0 Å². The largest absolute Gasteiger partial charge is 0.375 e. The van der Waals surface area contributed by atoms with Crippen molar-refractivity contribution < 1.29 is 9.53 Å². The molecule has 0 bridgehead atoms. The van der Waals surface area contributed by atoms with E-state index in [0.29, 0.717) is 6.54 Å². The van der Waals surface area contributed by atoms with Gasteiger partial charge in [0.25, 0.3) is 0 Å². The Morgan fingerprint density at radius 3 is 3.18 bits per heavy atom. The highest BCUT2D eigenvalue weighted by Gasteiger charge is 2.23. The molecule has 1 amide bonds. The maximum atomic E-state index is 11.6. The fourth-order valence-electron chi connectivity index (χ4n) is 2.90. The Morgan fingerprint density at radius 2 is 2.45 bits per heavy atom. The predicted octanol–water partition coefficient (Wildman–Crippen LogP) is 0.725. The van der Waals surface area contributed by atoms with E-state index >= 15 is 0 Å². The van der Waals surface area contributed by atoms with Gasteiger partial charge in [-0.3, -0.25) is 4.79 Å². The van der Waals surface area contributed by atoms with Gasteiger partial charge < -0.3 is 15.4 Å². The van der Waals surface area contributed by atoms with Gasteiger partial charge in [-0.05, 0) is 26.3 Å². The van der Waals surface area contributed by atoms with Crippen LogP contribution in [0.5, 0.6) is 0 Å². The third kappa shape index (κ3) is 2.95. The number of hydrogen-bond donors (Lipinski definition) is 2. The Bertz CT molecular complexity index is 676.